The molecule has 3 nitrogen and oxygen atoms in total. The van der Waals surface area contributed by atoms with Crippen LogP contribution in [-0.4, -0.2) is 20.7 Å². The summed E-state index contributed by atoms with van der Waals surface area (Å²) in [6.07, 6.45) is 1.05. The van der Waals surface area contributed by atoms with Crippen molar-refractivity contribution in [1.82, 2.24) is 5.32 Å². The van der Waals surface area contributed by atoms with Gasteiger partial charge >= 0.3 is 0 Å². The van der Waals surface area contributed by atoms with Crippen molar-refractivity contribution in [2.45, 2.75) is 38.1 Å². The molecule has 0 saturated carbocycles. The summed E-state index contributed by atoms with van der Waals surface area (Å²) in [4.78, 5) is 0.553. The molecular weight excluding hydrogens is 246 g/mol. The fourth-order valence-corrected chi connectivity index (χ4v) is 4.95. The van der Waals surface area contributed by atoms with Crippen LogP contribution >= 0.6 is 0 Å². The second-order valence-corrected chi connectivity index (χ2v) is 7.15. The second-order valence-electron chi connectivity index (χ2n) is 5.18. The lowest BCUT2D eigenvalue weighted by Crippen LogP contribution is -2.37. The summed E-state index contributed by atoms with van der Waals surface area (Å²) in [5.74, 6) is 0.363. The van der Waals surface area contributed by atoms with E-state index in [2.05, 4.69) is 12.2 Å². The summed E-state index contributed by atoms with van der Waals surface area (Å²) in [5.41, 5.74) is 1.81. The van der Waals surface area contributed by atoms with Gasteiger partial charge in [0.15, 0.2) is 9.84 Å². The highest BCUT2D eigenvalue weighted by molar-refractivity contribution is 7.91. The molecule has 0 spiro atoms. The van der Waals surface area contributed by atoms with Crippen LogP contribution in [0.15, 0.2) is 23.1 Å². The van der Waals surface area contributed by atoms with Crippen molar-refractivity contribution in [3.8, 4) is 0 Å². The quantitative estimate of drug-likeness (QED) is 0.915. The highest BCUT2D eigenvalue weighted by Gasteiger charge is 2.35. The maximum Gasteiger partial charge on any atom is 0.179 e. The fraction of sp³-hybridized carbons (Fsp3) is 0.571. The van der Waals surface area contributed by atoms with Crippen LogP contribution in [0.5, 0.6) is 0 Å². The van der Waals surface area contributed by atoms with Gasteiger partial charge in [-0.05, 0) is 36.9 Å². The molecule has 18 heavy (non-hydrogen) atoms. The van der Waals surface area contributed by atoms with Crippen LogP contribution in [0.3, 0.4) is 0 Å². The van der Waals surface area contributed by atoms with Gasteiger partial charge in [-0.25, -0.2) is 8.42 Å². The molecule has 0 amide bonds. The van der Waals surface area contributed by atoms with Crippen LogP contribution in [0.25, 0.3) is 0 Å². The molecule has 0 radical (unpaired) electrons. The zero-order valence-electron chi connectivity index (χ0n) is 11.2. The van der Waals surface area contributed by atoms with Gasteiger partial charge in [-0.1, -0.05) is 32.0 Å². The first-order chi connectivity index (χ1) is 8.47. The number of rotatable bonds is 3. The average Bonchev–Trinajstić information content (AvgIpc) is 2.27. The van der Waals surface area contributed by atoms with E-state index in [1.165, 1.54) is 0 Å². The number of hydrogen-bond donors (Lipinski definition) is 1. The van der Waals surface area contributed by atoms with Gasteiger partial charge in [-0.15, -0.1) is 0 Å². The van der Waals surface area contributed by atoms with Crippen LogP contribution < -0.4 is 5.32 Å². The standard InChI is InChI=1S/C14H21NO2S/c1-4-8-15-13-11(3)9-18(16,17)14-10(2)6-5-7-12(13)14/h5-7,11,13,15H,4,8-9H2,1-3H3. The minimum absolute atomic E-state index is 0.121. The second kappa shape index (κ2) is 5.02. The van der Waals surface area contributed by atoms with Crippen molar-refractivity contribution in [3.05, 3.63) is 29.3 Å². The summed E-state index contributed by atoms with van der Waals surface area (Å²) in [6, 6.07) is 5.93. The third-order valence-corrected chi connectivity index (χ3v) is 5.70. The maximum atomic E-state index is 12.3. The predicted octanol–water partition coefficient (Wildman–Crippen LogP) is 2.46. The predicted molar refractivity (Wildman–Crippen MR) is 73.4 cm³/mol. The van der Waals surface area contributed by atoms with E-state index >= 15 is 0 Å². The van der Waals surface area contributed by atoms with Gasteiger partial charge in [0.05, 0.1) is 10.6 Å². The van der Waals surface area contributed by atoms with Crippen LogP contribution in [0, 0.1) is 12.8 Å². The van der Waals surface area contributed by atoms with E-state index in [1.807, 2.05) is 32.0 Å². The summed E-state index contributed by atoms with van der Waals surface area (Å²) in [7, 11) is -3.12. The normalized spacial score (nSPS) is 25.7. The van der Waals surface area contributed by atoms with E-state index in [4.69, 9.17) is 0 Å². The number of aryl methyl sites for hydroxylation is 1. The Balaban J connectivity index is 2.52. The minimum atomic E-state index is -3.12. The molecule has 1 N–H and O–H groups in total. The van der Waals surface area contributed by atoms with Gasteiger partial charge in [-0.3, -0.25) is 0 Å². The van der Waals surface area contributed by atoms with Crippen molar-refractivity contribution in [2.75, 3.05) is 12.3 Å². The van der Waals surface area contributed by atoms with E-state index in [0.29, 0.717) is 4.90 Å². The molecule has 0 fully saturated rings. The van der Waals surface area contributed by atoms with E-state index in [-0.39, 0.29) is 17.7 Å². The first-order valence-corrected chi connectivity index (χ1v) is 8.18. The molecule has 1 aromatic carbocycles. The molecule has 2 rings (SSSR count). The Labute approximate surface area is 110 Å². The van der Waals surface area contributed by atoms with Crippen molar-refractivity contribution in [1.29, 1.82) is 0 Å². The van der Waals surface area contributed by atoms with E-state index in [1.54, 1.807) is 0 Å². The lowest BCUT2D eigenvalue weighted by atomic mass is 9.94. The average molecular weight is 267 g/mol. The number of fused-ring (bicyclic) bond motifs is 1. The molecule has 1 aliphatic heterocycles. The molecule has 0 aromatic heterocycles. The molecule has 100 valence electrons. The lowest BCUT2D eigenvalue weighted by Gasteiger charge is -2.32. The maximum absolute atomic E-state index is 12.3. The van der Waals surface area contributed by atoms with Gasteiger partial charge in [-0.2, -0.15) is 0 Å². The van der Waals surface area contributed by atoms with Crippen LogP contribution in [0.4, 0.5) is 0 Å². The van der Waals surface area contributed by atoms with E-state index in [9.17, 15) is 8.42 Å². The fourth-order valence-electron chi connectivity index (χ4n) is 2.79. The van der Waals surface area contributed by atoms with E-state index in [0.717, 1.165) is 24.1 Å². The molecule has 0 aliphatic carbocycles. The van der Waals surface area contributed by atoms with Gasteiger partial charge in [0.2, 0.25) is 0 Å². The largest absolute Gasteiger partial charge is 0.310 e. The summed E-state index contributed by atoms with van der Waals surface area (Å²) < 4.78 is 24.6. The topological polar surface area (TPSA) is 46.2 Å². The first kappa shape index (κ1) is 13.6. The Morgan fingerprint density at radius 2 is 2.11 bits per heavy atom. The summed E-state index contributed by atoms with van der Waals surface area (Å²) >= 11 is 0. The van der Waals surface area contributed by atoms with Gasteiger partial charge in [0.25, 0.3) is 0 Å². The van der Waals surface area contributed by atoms with Crippen molar-refractivity contribution >= 4 is 9.84 Å². The Kier molecular flexibility index (Phi) is 3.78. The Morgan fingerprint density at radius 3 is 2.78 bits per heavy atom. The van der Waals surface area contributed by atoms with Crippen molar-refractivity contribution < 1.29 is 8.42 Å². The summed E-state index contributed by atoms with van der Waals surface area (Å²) in [6.45, 7) is 6.93. The Morgan fingerprint density at radius 1 is 1.39 bits per heavy atom. The molecule has 4 heteroatoms. The monoisotopic (exact) mass is 267 g/mol. The molecular formula is C14H21NO2S. The van der Waals surface area contributed by atoms with Gasteiger partial charge in [0, 0.05) is 6.04 Å². The third-order valence-electron chi connectivity index (χ3n) is 3.55. The van der Waals surface area contributed by atoms with Crippen LogP contribution in [0.2, 0.25) is 0 Å². The third kappa shape index (κ3) is 2.31. The Hall–Kier alpha value is -0.870. The molecule has 1 heterocycles. The SMILES string of the molecule is CCCNC1c2cccc(C)c2S(=O)(=O)CC1C. The van der Waals surface area contributed by atoms with E-state index < -0.39 is 9.84 Å². The molecule has 1 aliphatic rings. The Bertz CT molecular complexity index is 537. The minimum Gasteiger partial charge on any atom is -0.310 e. The number of sulfone groups is 1. The molecule has 1 aromatic rings. The van der Waals surface area contributed by atoms with Crippen LogP contribution in [0.1, 0.15) is 37.4 Å². The van der Waals surface area contributed by atoms with Crippen LogP contribution in [-0.2, 0) is 9.84 Å². The molecule has 0 bridgehead atoms. The van der Waals surface area contributed by atoms with Crippen molar-refractivity contribution in [3.63, 3.8) is 0 Å². The van der Waals surface area contributed by atoms with Gasteiger partial charge in [0.1, 0.15) is 0 Å². The first-order valence-electron chi connectivity index (χ1n) is 6.53. The zero-order valence-corrected chi connectivity index (χ0v) is 12.0. The van der Waals surface area contributed by atoms with Gasteiger partial charge < -0.3 is 5.32 Å². The summed E-state index contributed by atoms with van der Waals surface area (Å²) in [5, 5.41) is 3.48. The highest BCUT2D eigenvalue weighted by atomic mass is 32.2. The molecule has 0 saturated heterocycles. The molecule has 2 atom stereocenters. The smallest absolute Gasteiger partial charge is 0.179 e. The number of benzene rings is 1. The number of hydrogen-bond acceptors (Lipinski definition) is 3. The number of nitrogens with one attached hydrogen (secondary N) is 1. The molecule has 2 unspecified atom stereocenters. The van der Waals surface area contributed by atoms with Crippen molar-refractivity contribution in [2.24, 2.45) is 5.92 Å². The zero-order chi connectivity index (χ0) is 13.3. The lowest BCUT2D eigenvalue weighted by molar-refractivity contribution is 0.395. The highest BCUT2D eigenvalue weighted by Crippen LogP contribution is 2.37.